The van der Waals surface area contributed by atoms with Crippen LogP contribution in [0.25, 0.3) is 0 Å². The van der Waals surface area contributed by atoms with E-state index in [-0.39, 0.29) is 12.8 Å². The highest BCUT2D eigenvalue weighted by Gasteiger charge is 2.54. The molecular formula is C49H80O17P2. The summed E-state index contributed by atoms with van der Waals surface area (Å²) < 4.78 is 49.3. The summed E-state index contributed by atoms with van der Waals surface area (Å²) in [5, 5.41) is 51.1. The van der Waals surface area contributed by atoms with Gasteiger partial charge >= 0.3 is 27.6 Å². The standard InChI is InChI=1S/C49H80O17P2/c1-3-5-7-8-9-10-11-12-13-16-20-23-26-29-33-37-43(52)64-41(39-63-68(60,61)66-49-46(55)44(53)45(54)48(47(49)56)65-67(57,58)59)38-62-42(51)36-32-28-25-22-19-17-14-15-18-21-24-27-31-35-40(50)34-30-6-4-2/h6,9-10,12-13,15,17-19,24-25,27-28,30-31,35,40-41,44-50,53-56H,3-5,7-8,11,14,16,20-23,26,29,32-34,36-39H2,1-2H3,(H,60,61)(H2,57,58,59)/b10-9-,13-12-,18-15-,19-17-,27-24+,28-25-,30-6-,35-31+/t40?,41-,44?,45?,46?,47?,48-,49+/m1/s1. The maximum Gasteiger partial charge on any atom is 0.472 e. The largest absolute Gasteiger partial charge is 0.472 e. The van der Waals surface area contributed by atoms with E-state index in [4.69, 9.17) is 18.5 Å². The lowest BCUT2D eigenvalue weighted by atomic mass is 9.85. The Hall–Kier alpha value is -3.12. The Labute approximate surface area is 403 Å². The van der Waals surface area contributed by atoms with Gasteiger partial charge in [0.05, 0.1) is 12.7 Å². The number of allylic oxidation sites excluding steroid dienone is 14. The molecule has 8 N–H and O–H groups in total. The Morgan fingerprint density at radius 3 is 1.71 bits per heavy atom. The van der Waals surface area contributed by atoms with E-state index < -0.39 is 89.6 Å². The molecule has 0 radical (unpaired) electrons. The van der Waals surface area contributed by atoms with E-state index >= 15 is 0 Å². The first-order valence-electron chi connectivity index (χ1n) is 23.9. The van der Waals surface area contributed by atoms with Crippen molar-refractivity contribution in [1.29, 1.82) is 0 Å². The number of hydrogen-bond donors (Lipinski definition) is 8. The van der Waals surface area contributed by atoms with Crippen molar-refractivity contribution in [3.8, 4) is 0 Å². The molecule has 1 aliphatic rings. The minimum atomic E-state index is -5.38. The first-order valence-corrected chi connectivity index (χ1v) is 26.9. The Morgan fingerprint density at radius 2 is 1.10 bits per heavy atom. The fourth-order valence-corrected chi connectivity index (χ4v) is 8.06. The van der Waals surface area contributed by atoms with Gasteiger partial charge in [-0.15, -0.1) is 0 Å². The predicted molar refractivity (Wildman–Crippen MR) is 261 cm³/mol. The number of unbranched alkanes of at least 4 members (excludes halogenated alkanes) is 8. The fourth-order valence-electron chi connectivity index (χ4n) is 6.52. The van der Waals surface area contributed by atoms with E-state index in [0.717, 1.165) is 64.2 Å². The van der Waals surface area contributed by atoms with E-state index in [1.807, 2.05) is 73.8 Å². The Balaban J connectivity index is 2.66. The topological polar surface area (TPSA) is 276 Å². The maximum atomic E-state index is 13.0. The molecule has 0 aliphatic heterocycles. The zero-order valence-electron chi connectivity index (χ0n) is 39.9. The molecule has 0 aromatic heterocycles. The van der Waals surface area contributed by atoms with Crippen molar-refractivity contribution in [2.45, 2.75) is 185 Å². The first kappa shape index (κ1) is 62.9. The molecule has 19 heteroatoms. The first-order chi connectivity index (χ1) is 32.5. The summed E-state index contributed by atoms with van der Waals surface area (Å²) >= 11 is 0. The number of phosphoric ester groups is 2. The summed E-state index contributed by atoms with van der Waals surface area (Å²) in [6, 6.07) is 0. The minimum absolute atomic E-state index is 0.00120. The van der Waals surface area contributed by atoms with Gasteiger partial charge in [0.1, 0.15) is 43.2 Å². The molecule has 0 heterocycles. The van der Waals surface area contributed by atoms with Crippen LogP contribution >= 0.6 is 15.6 Å². The van der Waals surface area contributed by atoms with Gasteiger partial charge in [0.2, 0.25) is 0 Å². The lowest BCUT2D eigenvalue weighted by molar-refractivity contribution is -0.216. The van der Waals surface area contributed by atoms with Crippen LogP contribution in [0.1, 0.15) is 136 Å². The van der Waals surface area contributed by atoms with Gasteiger partial charge in [-0.25, -0.2) is 9.13 Å². The Kier molecular flexibility index (Phi) is 35.7. The Morgan fingerprint density at radius 1 is 0.559 bits per heavy atom. The van der Waals surface area contributed by atoms with Crippen LogP contribution in [0.2, 0.25) is 0 Å². The van der Waals surface area contributed by atoms with Gasteiger partial charge in [-0.05, 0) is 77.0 Å². The third-order valence-electron chi connectivity index (χ3n) is 10.2. The van der Waals surface area contributed by atoms with E-state index in [2.05, 4.69) is 35.8 Å². The molecule has 0 amide bonds. The molecule has 17 nitrogen and oxygen atoms in total. The summed E-state index contributed by atoms with van der Waals surface area (Å²) in [4.78, 5) is 54.3. The summed E-state index contributed by atoms with van der Waals surface area (Å²) in [7, 11) is -10.7. The predicted octanol–water partition coefficient (Wildman–Crippen LogP) is 8.14. The second-order valence-electron chi connectivity index (χ2n) is 16.3. The van der Waals surface area contributed by atoms with Crippen LogP contribution in [0.4, 0.5) is 0 Å². The minimum Gasteiger partial charge on any atom is -0.462 e. The average Bonchev–Trinajstić information content (AvgIpc) is 3.29. The van der Waals surface area contributed by atoms with Crippen LogP contribution in [0.5, 0.6) is 0 Å². The van der Waals surface area contributed by atoms with Crippen molar-refractivity contribution in [3.05, 3.63) is 97.2 Å². The van der Waals surface area contributed by atoms with Crippen molar-refractivity contribution in [2.75, 3.05) is 13.2 Å². The molecule has 1 aliphatic carbocycles. The molecule has 1 rings (SSSR count). The zero-order valence-corrected chi connectivity index (χ0v) is 41.6. The van der Waals surface area contributed by atoms with Crippen molar-refractivity contribution in [1.82, 2.24) is 0 Å². The lowest BCUT2D eigenvalue weighted by Gasteiger charge is -2.43. The average molecular weight is 1000 g/mol. The molecule has 1 fully saturated rings. The molecule has 0 saturated heterocycles. The second kappa shape index (κ2) is 38.6. The number of phosphoric acid groups is 2. The van der Waals surface area contributed by atoms with Crippen LogP contribution in [0, 0.1) is 0 Å². The van der Waals surface area contributed by atoms with Gasteiger partial charge in [0.15, 0.2) is 6.10 Å². The van der Waals surface area contributed by atoms with Crippen molar-refractivity contribution in [2.24, 2.45) is 0 Å². The zero-order chi connectivity index (χ0) is 50.5. The number of aliphatic hydroxyl groups excluding tert-OH is 5. The number of aliphatic hydroxyl groups is 5. The summed E-state index contributed by atoms with van der Waals surface area (Å²) in [6.07, 6.45) is 31.3. The van der Waals surface area contributed by atoms with Crippen molar-refractivity contribution < 1.29 is 82.0 Å². The van der Waals surface area contributed by atoms with Crippen LogP contribution in [-0.2, 0) is 41.8 Å². The third kappa shape index (κ3) is 32.6. The number of carbonyl (C=O) groups excluding carboxylic acids is 2. The third-order valence-corrected chi connectivity index (χ3v) is 11.7. The number of esters is 2. The van der Waals surface area contributed by atoms with Crippen LogP contribution in [0.3, 0.4) is 0 Å². The van der Waals surface area contributed by atoms with Gasteiger partial charge in [0, 0.05) is 12.8 Å². The number of rotatable bonds is 38. The molecule has 0 aromatic carbocycles. The molecule has 0 aromatic rings. The highest BCUT2D eigenvalue weighted by atomic mass is 31.2. The van der Waals surface area contributed by atoms with Gasteiger partial charge in [0.25, 0.3) is 0 Å². The van der Waals surface area contributed by atoms with E-state index in [0.29, 0.717) is 25.7 Å². The SMILES string of the molecule is CC/C=C\CC(O)/C=C/C=C/C/C=C\C/C=C\C/C=C\CCC(=O)OC[C@H](COP(=O)(O)O[C@H]1C(O)C(O)C(O)[C@@H](OP(=O)(O)O)C1O)OC(=O)CCCCCCC/C=C\C/C=C\CCCCC. The van der Waals surface area contributed by atoms with E-state index in [9.17, 15) is 58.9 Å². The smallest absolute Gasteiger partial charge is 0.462 e. The highest BCUT2D eigenvalue weighted by molar-refractivity contribution is 7.47. The van der Waals surface area contributed by atoms with Crippen LogP contribution in [0.15, 0.2) is 97.2 Å². The van der Waals surface area contributed by atoms with Gasteiger partial charge in [-0.1, -0.05) is 143 Å². The van der Waals surface area contributed by atoms with Crippen molar-refractivity contribution in [3.63, 3.8) is 0 Å². The summed E-state index contributed by atoms with van der Waals surface area (Å²) in [5.74, 6) is -1.35. The van der Waals surface area contributed by atoms with Gasteiger partial charge < -0.3 is 49.7 Å². The molecular weight excluding hydrogens is 922 g/mol. The highest BCUT2D eigenvalue weighted by Crippen LogP contribution is 2.49. The molecule has 388 valence electrons. The normalized spacial score (nSPS) is 22.6. The van der Waals surface area contributed by atoms with E-state index in [1.165, 1.54) is 19.3 Å². The molecule has 68 heavy (non-hydrogen) atoms. The fraction of sp³-hybridized carbons (Fsp3) is 0.633. The number of carbonyl (C=O) groups is 2. The number of ether oxygens (including phenoxy) is 2. The number of hydrogen-bond acceptors (Lipinski definition) is 14. The molecule has 6 unspecified atom stereocenters. The molecule has 9 atom stereocenters. The quantitative estimate of drug-likeness (QED) is 0.00953. The summed E-state index contributed by atoms with van der Waals surface area (Å²) in [5.41, 5.74) is 0. The van der Waals surface area contributed by atoms with Gasteiger partial charge in [-0.3, -0.25) is 23.2 Å². The lowest BCUT2D eigenvalue weighted by Crippen LogP contribution is -2.64. The second-order valence-corrected chi connectivity index (χ2v) is 18.9. The Bertz CT molecular complexity index is 1700. The molecule has 0 bridgehead atoms. The van der Waals surface area contributed by atoms with Gasteiger partial charge in [-0.2, -0.15) is 0 Å². The molecule has 0 spiro atoms. The maximum absolute atomic E-state index is 13.0. The van der Waals surface area contributed by atoms with Crippen molar-refractivity contribution >= 4 is 27.6 Å². The monoisotopic (exact) mass is 1000 g/mol. The van der Waals surface area contributed by atoms with Crippen LogP contribution < -0.4 is 0 Å². The molecule has 1 saturated carbocycles. The van der Waals surface area contributed by atoms with E-state index in [1.54, 1.807) is 6.08 Å². The summed E-state index contributed by atoms with van der Waals surface area (Å²) in [6.45, 7) is 2.79. The van der Waals surface area contributed by atoms with Crippen LogP contribution in [-0.4, -0.2) is 114 Å².